The summed E-state index contributed by atoms with van der Waals surface area (Å²) in [7, 11) is 1.60. The summed E-state index contributed by atoms with van der Waals surface area (Å²) in [5.74, 6) is 2.30. The van der Waals surface area contributed by atoms with Crippen molar-refractivity contribution in [3.05, 3.63) is 66.0 Å². The van der Waals surface area contributed by atoms with Crippen molar-refractivity contribution in [2.45, 2.75) is 13.5 Å². The summed E-state index contributed by atoms with van der Waals surface area (Å²) >= 11 is 0. The van der Waals surface area contributed by atoms with Crippen LogP contribution in [0.1, 0.15) is 11.4 Å². The van der Waals surface area contributed by atoms with E-state index < -0.39 is 0 Å². The number of hydrogen-bond acceptors (Lipinski definition) is 5. The Bertz CT molecular complexity index is 813. The van der Waals surface area contributed by atoms with Crippen molar-refractivity contribution in [2.75, 3.05) is 7.11 Å². The zero-order valence-corrected chi connectivity index (χ0v) is 13.7. The van der Waals surface area contributed by atoms with E-state index in [2.05, 4.69) is 9.97 Å². The van der Waals surface area contributed by atoms with Crippen molar-refractivity contribution in [2.24, 2.45) is 5.73 Å². The second-order valence-electron chi connectivity index (χ2n) is 5.26. The fourth-order valence-electron chi connectivity index (χ4n) is 2.45. The van der Waals surface area contributed by atoms with Crippen LogP contribution in [0.25, 0.3) is 11.3 Å². The molecule has 0 saturated heterocycles. The average molecular weight is 321 g/mol. The Morgan fingerprint density at radius 3 is 2.50 bits per heavy atom. The Balaban J connectivity index is 2.01. The molecule has 3 rings (SSSR count). The summed E-state index contributed by atoms with van der Waals surface area (Å²) in [4.78, 5) is 8.86. The highest BCUT2D eigenvalue weighted by atomic mass is 16.5. The highest BCUT2D eigenvalue weighted by Crippen LogP contribution is 2.35. The number of aryl methyl sites for hydroxylation is 1. The van der Waals surface area contributed by atoms with Crippen LogP contribution in [0.4, 0.5) is 0 Å². The Kier molecular flexibility index (Phi) is 4.72. The molecule has 0 bridgehead atoms. The van der Waals surface area contributed by atoms with Gasteiger partial charge in [0.2, 0.25) is 5.88 Å². The van der Waals surface area contributed by atoms with E-state index in [0.717, 1.165) is 16.8 Å². The maximum Gasteiger partial charge on any atom is 0.223 e. The minimum atomic E-state index is 0.349. The van der Waals surface area contributed by atoms with Gasteiger partial charge in [-0.05, 0) is 13.0 Å². The largest absolute Gasteiger partial charge is 0.493 e. The Morgan fingerprint density at radius 1 is 1.00 bits per heavy atom. The van der Waals surface area contributed by atoms with Gasteiger partial charge in [-0.25, -0.2) is 4.98 Å². The molecule has 3 aromatic rings. The predicted octanol–water partition coefficient (Wildman–Crippen LogP) is 3.71. The molecule has 0 aliphatic carbocycles. The Labute approximate surface area is 141 Å². The lowest BCUT2D eigenvalue weighted by Crippen LogP contribution is -2.03. The number of aromatic nitrogens is 2. The van der Waals surface area contributed by atoms with Gasteiger partial charge in [0.1, 0.15) is 5.82 Å². The first kappa shape index (κ1) is 16.0. The predicted molar refractivity (Wildman–Crippen MR) is 93.2 cm³/mol. The van der Waals surface area contributed by atoms with Crippen LogP contribution in [0.15, 0.2) is 54.6 Å². The smallest absolute Gasteiger partial charge is 0.223 e. The van der Waals surface area contributed by atoms with Crippen LogP contribution < -0.4 is 15.2 Å². The third-order valence-electron chi connectivity index (χ3n) is 3.59. The Hall–Kier alpha value is -2.92. The summed E-state index contributed by atoms with van der Waals surface area (Å²) in [5, 5.41) is 0. The van der Waals surface area contributed by atoms with Crippen molar-refractivity contribution in [1.82, 2.24) is 9.97 Å². The topological polar surface area (TPSA) is 70.3 Å². The first-order chi connectivity index (χ1) is 11.7. The van der Waals surface area contributed by atoms with Gasteiger partial charge in [-0.15, -0.1) is 0 Å². The summed E-state index contributed by atoms with van der Waals surface area (Å²) in [6.45, 7) is 2.19. The van der Waals surface area contributed by atoms with E-state index in [1.807, 2.05) is 61.5 Å². The van der Waals surface area contributed by atoms with E-state index >= 15 is 0 Å². The van der Waals surface area contributed by atoms with Gasteiger partial charge in [0.05, 0.1) is 12.8 Å². The van der Waals surface area contributed by atoms with E-state index in [0.29, 0.717) is 29.7 Å². The van der Waals surface area contributed by atoms with Crippen LogP contribution in [-0.4, -0.2) is 17.1 Å². The Morgan fingerprint density at radius 2 is 1.79 bits per heavy atom. The fourth-order valence-corrected chi connectivity index (χ4v) is 2.45. The minimum absolute atomic E-state index is 0.349. The fraction of sp³-hybridized carbons (Fsp3) is 0.158. The van der Waals surface area contributed by atoms with Crippen molar-refractivity contribution in [1.29, 1.82) is 0 Å². The van der Waals surface area contributed by atoms with Gasteiger partial charge in [-0.3, -0.25) is 0 Å². The summed E-state index contributed by atoms with van der Waals surface area (Å²) in [5.41, 5.74) is 8.48. The molecule has 0 atom stereocenters. The molecular weight excluding hydrogens is 302 g/mol. The second-order valence-corrected chi connectivity index (χ2v) is 5.26. The van der Waals surface area contributed by atoms with Gasteiger partial charge < -0.3 is 15.2 Å². The van der Waals surface area contributed by atoms with Crippen LogP contribution >= 0.6 is 0 Å². The summed E-state index contributed by atoms with van der Waals surface area (Å²) in [6, 6.07) is 17.4. The normalized spacial score (nSPS) is 10.5. The van der Waals surface area contributed by atoms with Gasteiger partial charge in [0.15, 0.2) is 11.5 Å². The van der Waals surface area contributed by atoms with Gasteiger partial charge in [-0.2, -0.15) is 4.98 Å². The zero-order chi connectivity index (χ0) is 16.9. The van der Waals surface area contributed by atoms with Gasteiger partial charge in [0, 0.05) is 23.7 Å². The SMILES string of the molecule is COc1cccc(CN)c1Oc1cc(-c2ccccc2)nc(C)n1. The standard InChI is InChI=1S/C19H19N3O2/c1-13-21-16(14-7-4-3-5-8-14)11-18(22-13)24-19-15(12-20)9-6-10-17(19)23-2/h3-11H,12,20H2,1-2H3. The minimum Gasteiger partial charge on any atom is -0.493 e. The summed E-state index contributed by atoms with van der Waals surface area (Å²) < 4.78 is 11.4. The summed E-state index contributed by atoms with van der Waals surface area (Å²) in [6.07, 6.45) is 0. The van der Waals surface area contributed by atoms with E-state index in [1.54, 1.807) is 7.11 Å². The van der Waals surface area contributed by atoms with E-state index in [9.17, 15) is 0 Å². The molecule has 0 amide bonds. The highest BCUT2D eigenvalue weighted by molar-refractivity contribution is 5.60. The van der Waals surface area contributed by atoms with Crippen molar-refractivity contribution < 1.29 is 9.47 Å². The second kappa shape index (κ2) is 7.10. The zero-order valence-electron chi connectivity index (χ0n) is 13.7. The molecule has 0 radical (unpaired) electrons. The molecule has 5 nitrogen and oxygen atoms in total. The van der Waals surface area contributed by atoms with E-state index in [4.69, 9.17) is 15.2 Å². The molecule has 0 spiro atoms. The number of nitrogens with zero attached hydrogens (tertiary/aromatic N) is 2. The molecule has 0 saturated carbocycles. The molecular formula is C19H19N3O2. The molecule has 0 aliphatic rings. The number of methoxy groups -OCH3 is 1. The van der Waals surface area contributed by atoms with Gasteiger partial charge >= 0.3 is 0 Å². The molecule has 2 N–H and O–H groups in total. The maximum absolute atomic E-state index is 6.01. The van der Waals surface area contributed by atoms with Crippen molar-refractivity contribution in [3.63, 3.8) is 0 Å². The van der Waals surface area contributed by atoms with Crippen LogP contribution in [-0.2, 0) is 6.54 Å². The molecule has 0 unspecified atom stereocenters. The lowest BCUT2D eigenvalue weighted by Gasteiger charge is -2.14. The molecule has 0 fully saturated rings. The number of nitrogens with two attached hydrogens (primary N) is 1. The molecule has 24 heavy (non-hydrogen) atoms. The van der Waals surface area contributed by atoms with E-state index in [1.165, 1.54) is 0 Å². The number of benzene rings is 2. The van der Waals surface area contributed by atoms with Crippen LogP contribution in [0, 0.1) is 6.92 Å². The first-order valence-corrected chi connectivity index (χ1v) is 7.66. The molecule has 1 heterocycles. The molecule has 1 aromatic heterocycles. The van der Waals surface area contributed by atoms with Crippen LogP contribution in [0.2, 0.25) is 0 Å². The molecule has 0 aliphatic heterocycles. The van der Waals surface area contributed by atoms with Crippen molar-refractivity contribution >= 4 is 0 Å². The molecule has 122 valence electrons. The molecule has 5 heteroatoms. The van der Waals surface area contributed by atoms with E-state index in [-0.39, 0.29) is 0 Å². The third kappa shape index (κ3) is 3.36. The lowest BCUT2D eigenvalue weighted by molar-refractivity contribution is 0.371. The maximum atomic E-state index is 6.01. The number of hydrogen-bond donors (Lipinski definition) is 1. The average Bonchev–Trinajstić information content (AvgIpc) is 2.62. The van der Waals surface area contributed by atoms with Crippen molar-refractivity contribution in [3.8, 4) is 28.6 Å². The third-order valence-corrected chi connectivity index (χ3v) is 3.59. The number of rotatable bonds is 5. The first-order valence-electron chi connectivity index (χ1n) is 7.66. The van der Waals surface area contributed by atoms with Crippen LogP contribution in [0.5, 0.6) is 17.4 Å². The van der Waals surface area contributed by atoms with Gasteiger partial charge in [0.25, 0.3) is 0 Å². The number of ether oxygens (including phenoxy) is 2. The molecule has 2 aromatic carbocycles. The van der Waals surface area contributed by atoms with Crippen LogP contribution in [0.3, 0.4) is 0 Å². The number of para-hydroxylation sites is 1. The van der Waals surface area contributed by atoms with Gasteiger partial charge in [-0.1, -0.05) is 42.5 Å². The quantitative estimate of drug-likeness (QED) is 0.775. The monoisotopic (exact) mass is 321 g/mol. The highest BCUT2D eigenvalue weighted by Gasteiger charge is 2.13. The lowest BCUT2D eigenvalue weighted by atomic mass is 10.1.